The summed E-state index contributed by atoms with van der Waals surface area (Å²) in [4.78, 5) is 26.2. The summed E-state index contributed by atoms with van der Waals surface area (Å²) >= 11 is 6.32. The van der Waals surface area contributed by atoms with Gasteiger partial charge in [-0.15, -0.1) is 0 Å². The number of carbonyl (C=O) groups excluding carboxylic acids is 2. The molecule has 0 bridgehead atoms. The minimum atomic E-state index is -0.0642. The Labute approximate surface area is 181 Å². The third-order valence-corrected chi connectivity index (χ3v) is 6.23. The van der Waals surface area contributed by atoms with Crippen molar-refractivity contribution < 1.29 is 9.59 Å². The summed E-state index contributed by atoms with van der Waals surface area (Å²) in [6.07, 6.45) is 1.80. The van der Waals surface area contributed by atoms with E-state index in [0.717, 1.165) is 27.7 Å². The van der Waals surface area contributed by atoms with E-state index in [1.165, 1.54) is 11.6 Å². The van der Waals surface area contributed by atoms with Crippen LogP contribution in [-0.2, 0) is 16.1 Å². The van der Waals surface area contributed by atoms with Gasteiger partial charge in [0.1, 0.15) is 0 Å². The molecular formula is C25H25ClN2O2. The quantitative estimate of drug-likeness (QED) is 0.515. The second-order valence-electron chi connectivity index (χ2n) is 8.08. The Bertz CT molecular complexity index is 1160. The van der Waals surface area contributed by atoms with Crippen LogP contribution in [0, 0.1) is 19.8 Å². The van der Waals surface area contributed by atoms with E-state index in [9.17, 15) is 9.59 Å². The summed E-state index contributed by atoms with van der Waals surface area (Å²) in [6.45, 7) is 9.26. The van der Waals surface area contributed by atoms with Crippen LogP contribution in [-0.4, -0.2) is 34.2 Å². The number of nitrogens with zero attached hydrogens (tertiary/aromatic N) is 2. The van der Waals surface area contributed by atoms with Gasteiger partial charge in [-0.25, -0.2) is 0 Å². The average molecular weight is 421 g/mol. The zero-order chi connectivity index (χ0) is 21.4. The van der Waals surface area contributed by atoms with Crippen LogP contribution in [0.2, 0.25) is 5.02 Å². The number of aromatic nitrogens is 1. The monoisotopic (exact) mass is 420 g/mol. The minimum absolute atomic E-state index is 0.0642. The summed E-state index contributed by atoms with van der Waals surface area (Å²) in [6, 6.07) is 14.1. The van der Waals surface area contributed by atoms with E-state index in [0.29, 0.717) is 31.1 Å². The number of likely N-dealkylation sites (tertiary alicyclic amines) is 1. The molecular weight excluding hydrogens is 396 g/mol. The average Bonchev–Trinajstić information content (AvgIpc) is 2.95. The highest BCUT2D eigenvalue weighted by atomic mass is 35.5. The lowest BCUT2D eigenvalue weighted by atomic mass is 9.94. The van der Waals surface area contributed by atoms with Gasteiger partial charge in [0.2, 0.25) is 5.91 Å². The van der Waals surface area contributed by atoms with Crippen molar-refractivity contribution in [2.45, 2.75) is 26.8 Å². The maximum Gasteiger partial charge on any atom is 0.245 e. The highest BCUT2D eigenvalue weighted by Gasteiger charge is 2.31. The smallest absolute Gasteiger partial charge is 0.245 e. The first-order valence-corrected chi connectivity index (χ1v) is 10.5. The third kappa shape index (κ3) is 3.68. The standard InChI is InChI=1S/C25H25ClN2O2/c1-4-24(30)27-13-18(14-27)11-20(29)15-28-17(3)25(21-8-6-5-7-16(21)2)22-12-19(26)9-10-23(22)28/h4-10,12,18H,1,11,13-15H2,2-3H3. The van der Waals surface area contributed by atoms with Crippen molar-refractivity contribution in [1.82, 2.24) is 9.47 Å². The van der Waals surface area contributed by atoms with Crippen LogP contribution in [0.5, 0.6) is 0 Å². The Balaban J connectivity index is 1.63. The van der Waals surface area contributed by atoms with Gasteiger partial charge < -0.3 is 9.47 Å². The summed E-state index contributed by atoms with van der Waals surface area (Å²) in [5.74, 6) is 0.344. The van der Waals surface area contributed by atoms with Crippen molar-refractivity contribution >= 4 is 34.2 Å². The van der Waals surface area contributed by atoms with Crippen LogP contribution < -0.4 is 0 Å². The number of aryl methyl sites for hydroxylation is 1. The van der Waals surface area contributed by atoms with Crippen LogP contribution in [0.4, 0.5) is 0 Å². The number of Topliss-reactive ketones (excluding diaryl/α,β-unsaturated/α-hetero) is 1. The number of halogens is 1. The van der Waals surface area contributed by atoms with Crippen LogP contribution in [0.25, 0.3) is 22.0 Å². The molecule has 2 heterocycles. The van der Waals surface area contributed by atoms with E-state index in [4.69, 9.17) is 11.6 Å². The zero-order valence-corrected chi connectivity index (χ0v) is 18.1. The first-order chi connectivity index (χ1) is 14.4. The van der Waals surface area contributed by atoms with Crippen LogP contribution in [0.15, 0.2) is 55.1 Å². The highest BCUT2D eigenvalue weighted by Crippen LogP contribution is 2.37. The van der Waals surface area contributed by atoms with E-state index in [-0.39, 0.29) is 17.6 Å². The molecule has 1 aliphatic heterocycles. The van der Waals surface area contributed by atoms with Crippen LogP contribution >= 0.6 is 11.6 Å². The van der Waals surface area contributed by atoms with Crippen molar-refractivity contribution in [2.24, 2.45) is 5.92 Å². The number of amides is 1. The molecule has 0 saturated carbocycles. The van der Waals surface area contributed by atoms with Gasteiger partial charge in [-0.3, -0.25) is 9.59 Å². The summed E-state index contributed by atoms with van der Waals surface area (Å²) < 4.78 is 2.10. The predicted molar refractivity (Wildman–Crippen MR) is 122 cm³/mol. The van der Waals surface area contributed by atoms with Gasteiger partial charge >= 0.3 is 0 Å². The molecule has 1 saturated heterocycles. The molecule has 0 radical (unpaired) electrons. The van der Waals surface area contributed by atoms with E-state index >= 15 is 0 Å². The number of hydrogen-bond donors (Lipinski definition) is 0. The Morgan fingerprint density at radius 1 is 1.17 bits per heavy atom. The molecule has 30 heavy (non-hydrogen) atoms. The summed E-state index contributed by atoms with van der Waals surface area (Å²) in [5, 5.41) is 1.75. The second kappa shape index (κ2) is 8.11. The van der Waals surface area contributed by atoms with Gasteiger partial charge in [0, 0.05) is 52.6 Å². The Morgan fingerprint density at radius 3 is 2.60 bits per heavy atom. The Kier molecular flexibility index (Phi) is 5.52. The van der Waals surface area contributed by atoms with Crippen molar-refractivity contribution in [2.75, 3.05) is 13.1 Å². The highest BCUT2D eigenvalue weighted by molar-refractivity contribution is 6.31. The zero-order valence-electron chi connectivity index (χ0n) is 17.3. The molecule has 4 rings (SSSR count). The molecule has 4 nitrogen and oxygen atoms in total. The molecule has 154 valence electrons. The first-order valence-electron chi connectivity index (χ1n) is 10.2. The van der Waals surface area contributed by atoms with Crippen molar-refractivity contribution in [3.63, 3.8) is 0 Å². The molecule has 1 amide bonds. The maximum atomic E-state index is 12.9. The number of benzene rings is 2. The SMILES string of the molecule is C=CC(=O)N1CC(CC(=O)Cn2c(C)c(-c3ccccc3C)c3cc(Cl)ccc32)C1. The van der Waals surface area contributed by atoms with Crippen LogP contribution in [0.1, 0.15) is 17.7 Å². The fourth-order valence-corrected chi connectivity index (χ4v) is 4.59. The molecule has 0 aliphatic carbocycles. The summed E-state index contributed by atoms with van der Waals surface area (Å²) in [7, 11) is 0. The lowest BCUT2D eigenvalue weighted by Gasteiger charge is -2.38. The number of ketones is 1. The van der Waals surface area contributed by atoms with E-state index in [1.807, 2.05) is 30.3 Å². The van der Waals surface area contributed by atoms with Gasteiger partial charge in [-0.2, -0.15) is 0 Å². The van der Waals surface area contributed by atoms with E-state index in [2.05, 4.69) is 37.1 Å². The fourth-order valence-electron chi connectivity index (χ4n) is 4.42. The fraction of sp³-hybridized carbons (Fsp3) is 0.280. The van der Waals surface area contributed by atoms with Gasteiger partial charge in [-0.1, -0.05) is 42.4 Å². The van der Waals surface area contributed by atoms with Crippen molar-refractivity contribution in [3.05, 3.63) is 71.4 Å². The molecule has 1 aromatic heterocycles. The number of hydrogen-bond acceptors (Lipinski definition) is 2. The van der Waals surface area contributed by atoms with Crippen molar-refractivity contribution in [3.8, 4) is 11.1 Å². The largest absolute Gasteiger partial charge is 0.338 e. The number of fused-ring (bicyclic) bond motifs is 1. The third-order valence-electron chi connectivity index (χ3n) is 5.99. The normalized spacial score (nSPS) is 14.0. The van der Waals surface area contributed by atoms with Gasteiger partial charge in [0.05, 0.1) is 6.54 Å². The van der Waals surface area contributed by atoms with E-state index < -0.39 is 0 Å². The topological polar surface area (TPSA) is 42.3 Å². The van der Waals surface area contributed by atoms with Gasteiger partial charge in [0.15, 0.2) is 5.78 Å². The molecule has 2 aromatic carbocycles. The Hall–Kier alpha value is -2.85. The van der Waals surface area contributed by atoms with Crippen molar-refractivity contribution in [1.29, 1.82) is 0 Å². The Morgan fingerprint density at radius 2 is 1.90 bits per heavy atom. The molecule has 3 aromatic rings. The van der Waals surface area contributed by atoms with Gasteiger partial charge in [-0.05, 0) is 49.2 Å². The summed E-state index contributed by atoms with van der Waals surface area (Å²) in [5.41, 5.74) is 5.55. The maximum absolute atomic E-state index is 12.9. The van der Waals surface area contributed by atoms with Gasteiger partial charge in [0.25, 0.3) is 0 Å². The lowest BCUT2D eigenvalue weighted by Crippen LogP contribution is -2.50. The number of carbonyl (C=O) groups is 2. The molecule has 0 N–H and O–H groups in total. The first kappa shape index (κ1) is 20.4. The molecule has 5 heteroatoms. The molecule has 0 spiro atoms. The molecule has 0 atom stereocenters. The molecule has 1 fully saturated rings. The lowest BCUT2D eigenvalue weighted by molar-refractivity contribution is -0.134. The van der Waals surface area contributed by atoms with Crippen LogP contribution in [0.3, 0.4) is 0 Å². The predicted octanol–water partition coefficient (Wildman–Crippen LogP) is 5.18. The second-order valence-corrected chi connectivity index (χ2v) is 8.52. The minimum Gasteiger partial charge on any atom is -0.338 e. The number of rotatable bonds is 6. The van der Waals surface area contributed by atoms with E-state index in [1.54, 1.807) is 4.90 Å². The molecule has 0 unspecified atom stereocenters. The molecule has 1 aliphatic rings.